The van der Waals surface area contributed by atoms with Crippen molar-refractivity contribution in [1.82, 2.24) is 19.5 Å². The number of sulfone groups is 1. The Morgan fingerprint density at radius 2 is 1.44 bits per heavy atom. The lowest BCUT2D eigenvalue weighted by Gasteiger charge is -2.12. The standard InChI is InChI=1S/C26H43ClN4O4S/c1-20(2)36(33,34)25-23-24(29-26(27)30-25)28-21(3)31(23)19-17-15-13-11-9-7-5-6-8-10-12-14-16-18-22(32)35-4/h20H,5-19H2,1-4H3/i4D3. The number of ether oxygens (including phenoxy) is 1. The number of aromatic nitrogens is 4. The van der Waals surface area contributed by atoms with Crippen molar-refractivity contribution < 1.29 is 22.1 Å². The van der Waals surface area contributed by atoms with E-state index in [1.165, 1.54) is 38.5 Å². The molecule has 10 heteroatoms. The molecule has 2 aromatic heterocycles. The molecule has 36 heavy (non-hydrogen) atoms. The lowest BCUT2D eigenvalue weighted by Crippen LogP contribution is -2.18. The SMILES string of the molecule is [2H]C([2H])([2H])OC(=O)CCCCCCCCCCCCCCCn1c(C)nc2nc(Cl)nc(S(=O)(=O)C(C)C)c21. The lowest BCUT2D eigenvalue weighted by atomic mass is 10.0. The van der Waals surface area contributed by atoms with Crippen LogP contribution in [0.25, 0.3) is 11.2 Å². The number of nitrogens with zero attached hydrogens (tertiary/aromatic N) is 4. The van der Waals surface area contributed by atoms with Gasteiger partial charge in [-0.2, -0.15) is 4.98 Å². The number of hydrogen-bond acceptors (Lipinski definition) is 7. The molecule has 0 aliphatic rings. The summed E-state index contributed by atoms with van der Waals surface area (Å²) in [5, 5.41) is -0.770. The van der Waals surface area contributed by atoms with Gasteiger partial charge in [-0.05, 0) is 45.2 Å². The van der Waals surface area contributed by atoms with Gasteiger partial charge in [0.15, 0.2) is 20.5 Å². The van der Waals surface area contributed by atoms with Crippen LogP contribution in [0.4, 0.5) is 0 Å². The van der Waals surface area contributed by atoms with Gasteiger partial charge < -0.3 is 9.30 Å². The molecule has 204 valence electrons. The summed E-state index contributed by atoms with van der Waals surface area (Å²) >= 11 is 6.00. The topological polar surface area (TPSA) is 104 Å². The first-order chi connectivity index (χ1) is 18.3. The normalized spacial score (nSPS) is 13.6. The fourth-order valence-corrected chi connectivity index (χ4v) is 5.66. The van der Waals surface area contributed by atoms with E-state index in [4.69, 9.17) is 15.7 Å². The minimum absolute atomic E-state index is 0.0381. The van der Waals surface area contributed by atoms with Crippen molar-refractivity contribution in [1.29, 1.82) is 0 Å². The van der Waals surface area contributed by atoms with Crippen LogP contribution in [0.5, 0.6) is 0 Å². The summed E-state index contributed by atoms with van der Waals surface area (Å²) in [5.41, 5.74) is 0.768. The van der Waals surface area contributed by atoms with Crippen molar-refractivity contribution in [3.05, 3.63) is 11.1 Å². The Kier molecular flexibility index (Phi) is 11.1. The summed E-state index contributed by atoms with van der Waals surface area (Å²) < 4.78 is 52.8. The summed E-state index contributed by atoms with van der Waals surface area (Å²) in [6.07, 6.45) is 14.3. The van der Waals surface area contributed by atoms with Crippen molar-refractivity contribution in [3.8, 4) is 0 Å². The van der Waals surface area contributed by atoms with Gasteiger partial charge >= 0.3 is 5.97 Å². The zero-order chi connectivity index (χ0) is 29.1. The second-order valence-corrected chi connectivity index (χ2v) is 12.5. The maximum atomic E-state index is 12.9. The minimum atomic E-state index is -3.63. The quantitative estimate of drug-likeness (QED) is 0.0898. The fraction of sp³-hybridized carbons (Fsp3) is 0.769. The van der Waals surface area contributed by atoms with E-state index >= 15 is 0 Å². The van der Waals surface area contributed by atoms with Gasteiger partial charge in [0, 0.05) is 13.0 Å². The summed E-state index contributed by atoms with van der Waals surface area (Å²) in [5.74, 6) is 0.0595. The zero-order valence-corrected chi connectivity index (χ0v) is 23.5. The molecule has 2 rings (SSSR count). The average molecular weight is 546 g/mol. The highest BCUT2D eigenvalue weighted by Gasteiger charge is 2.28. The Bertz CT molecular complexity index is 1170. The number of halogens is 1. The van der Waals surface area contributed by atoms with E-state index in [0.717, 1.165) is 38.5 Å². The first-order valence-electron chi connectivity index (χ1n) is 14.7. The number of esters is 1. The van der Waals surface area contributed by atoms with Crippen molar-refractivity contribution in [2.75, 3.05) is 7.04 Å². The third-order valence-electron chi connectivity index (χ3n) is 6.50. The molecule has 0 fully saturated rings. The molecule has 2 aromatic rings. The average Bonchev–Trinajstić information content (AvgIpc) is 3.14. The molecule has 0 N–H and O–H groups in total. The Morgan fingerprint density at radius 1 is 0.917 bits per heavy atom. The molecule has 0 radical (unpaired) electrons. The van der Waals surface area contributed by atoms with Gasteiger partial charge in [0.1, 0.15) is 11.3 Å². The molecule has 2 heterocycles. The maximum absolute atomic E-state index is 12.9. The summed E-state index contributed by atoms with van der Waals surface area (Å²) in [4.78, 5) is 24.0. The number of carbonyl (C=O) groups excluding carboxylic acids is 1. The largest absolute Gasteiger partial charge is 0.469 e. The van der Waals surface area contributed by atoms with E-state index in [2.05, 4.69) is 19.7 Å². The van der Waals surface area contributed by atoms with E-state index in [0.29, 0.717) is 30.0 Å². The summed E-state index contributed by atoms with van der Waals surface area (Å²) in [7, 11) is -6.27. The smallest absolute Gasteiger partial charge is 0.305 e. The number of imidazole rings is 1. The van der Waals surface area contributed by atoms with Gasteiger partial charge in [0.25, 0.3) is 0 Å². The minimum Gasteiger partial charge on any atom is -0.469 e. The van der Waals surface area contributed by atoms with Crippen molar-refractivity contribution >= 4 is 38.6 Å². The highest BCUT2D eigenvalue weighted by Crippen LogP contribution is 2.26. The molecule has 0 atom stereocenters. The molecule has 0 spiro atoms. The number of fused-ring (bicyclic) bond motifs is 1. The molecule has 0 aliphatic heterocycles. The van der Waals surface area contributed by atoms with Crippen LogP contribution in [0.2, 0.25) is 5.28 Å². The van der Waals surface area contributed by atoms with Gasteiger partial charge in [-0.1, -0.05) is 70.6 Å². The molecule has 0 aromatic carbocycles. The second kappa shape index (κ2) is 15.5. The Morgan fingerprint density at radius 3 is 1.97 bits per heavy atom. The van der Waals surface area contributed by atoms with Gasteiger partial charge in [-0.25, -0.2) is 18.4 Å². The molecule has 0 saturated heterocycles. The van der Waals surface area contributed by atoms with E-state index in [-0.39, 0.29) is 16.7 Å². The number of hydrogen-bond donors (Lipinski definition) is 0. The molecule has 0 saturated carbocycles. The molecule has 0 unspecified atom stereocenters. The lowest BCUT2D eigenvalue weighted by molar-refractivity contribution is -0.140. The van der Waals surface area contributed by atoms with Crippen LogP contribution in [-0.4, -0.2) is 46.2 Å². The first-order valence-corrected chi connectivity index (χ1v) is 15.1. The van der Waals surface area contributed by atoms with Crippen LogP contribution in [0, 0.1) is 6.92 Å². The van der Waals surface area contributed by atoms with Gasteiger partial charge in [0.2, 0.25) is 5.28 Å². The zero-order valence-electron chi connectivity index (χ0n) is 24.9. The summed E-state index contributed by atoms with van der Waals surface area (Å²) in [6.45, 7) is 5.76. The number of unbranched alkanes of at least 4 members (excludes halogenated alkanes) is 12. The first kappa shape index (κ1) is 25.9. The summed E-state index contributed by atoms with van der Waals surface area (Å²) in [6, 6.07) is 0. The van der Waals surface area contributed by atoms with Gasteiger partial charge in [-0.3, -0.25) is 4.79 Å². The van der Waals surface area contributed by atoms with Crippen LogP contribution in [0.1, 0.15) is 114 Å². The number of carbonyl (C=O) groups is 1. The predicted molar refractivity (Wildman–Crippen MR) is 144 cm³/mol. The second-order valence-electron chi connectivity index (χ2n) is 9.69. The maximum Gasteiger partial charge on any atom is 0.305 e. The molecular weight excluding hydrogens is 500 g/mol. The predicted octanol–water partition coefficient (Wildman–Crippen LogP) is 6.60. The third kappa shape index (κ3) is 9.29. The molecule has 8 nitrogen and oxygen atoms in total. The molecule has 0 aliphatic carbocycles. The van der Waals surface area contributed by atoms with Crippen molar-refractivity contribution in [2.45, 2.75) is 127 Å². The Hall–Kier alpha value is -1.74. The van der Waals surface area contributed by atoms with Crippen LogP contribution >= 0.6 is 11.6 Å². The van der Waals surface area contributed by atoms with E-state index in [1.54, 1.807) is 13.8 Å². The monoisotopic (exact) mass is 545 g/mol. The van der Waals surface area contributed by atoms with Crippen LogP contribution in [0.3, 0.4) is 0 Å². The highest BCUT2D eigenvalue weighted by molar-refractivity contribution is 7.92. The number of aryl methyl sites for hydroxylation is 2. The Labute approximate surface area is 225 Å². The van der Waals surface area contributed by atoms with Crippen LogP contribution in [0.15, 0.2) is 5.03 Å². The Balaban J connectivity index is 1.59. The van der Waals surface area contributed by atoms with Crippen molar-refractivity contribution in [2.24, 2.45) is 0 Å². The van der Waals surface area contributed by atoms with E-state index in [1.807, 2.05) is 11.5 Å². The number of methoxy groups -OCH3 is 1. The van der Waals surface area contributed by atoms with Gasteiger partial charge in [-0.15, -0.1) is 0 Å². The van der Waals surface area contributed by atoms with Crippen molar-refractivity contribution in [3.63, 3.8) is 0 Å². The van der Waals surface area contributed by atoms with Gasteiger partial charge in [0.05, 0.1) is 16.4 Å². The molecular formula is C26H43ClN4O4S. The van der Waals surface area contributed by atoms with E-state index in [9.17, 15) is 13.2 Å². The van der Waals surface area contributed by atoms with Crippen LogP contribution in [-0.2, 0) is 25.9 Å². The molecule has 0 bridgehead atoms. The third-order valence-corrected chi connectivity index (χ3v) is 8.74. The van der Waals surface area contributed by atoms with E-state index < -0.39 is 28.1 Å². The fourth-order valence-electron chi connectivity index (χ4n) is 4.32. The number of rotatable bonds is 18. The molecule has 0 amide bonds. The van der Waals surface area contributed by atoms with Crippen LogP contribution < -0.4 is 0 Å². The highest BCUT2D eigenvalue weighted by atomic mass is 35.5.